The lowest BCUT2D eigenvalue weighted by Gasteiger charge is -2.36. The van der Waals surface area contributed by atoms with Gasteiger partial charge in [-0.2, -0.15) is 13.2 Å². The molecule has 230 valence electrons. The zero-order valence-electron chi connectivity index (χ0n) is 22.7. The van der Waals surface area contributed by atoms with Gasteiger partial charge in [0.05, 0.1) is 23.7 Å². The van der Waals surface area contributed by atoms with Gasteiger partial charge in [0.2, 0.25) is 5.60 Å². The number of anilines is 2. The number of benzene rings is 2. The van der Waals surface area contributed by atoms with Crippen molar-refractivity contribution in [3.63, 3.8) is 0 Å². The number of amides is 3. The van der Waals surface area contributed by atoms with Gasteiger partial charge in [-0.1, -0.05) is 0 Å². The molecule has 0 saturated carbocycles. The van der Waals surface area contributed by atoms with Crippen LogP contribution in [0.4, 0.5) is 38.5 Å². The fourth-order valence-corrected chi connectivity index (χ4v) is 5.67. The molecule has 0 radical (unpaired) electrons. The van der Waals surface area contributed by atoms with Gasteiger partial charge in [0, 0.05) is 24.9 Å². The molecular formula is C26H30F4N4O7S. The Labute approximate surface area is 239 Å². The van der Waals surface area contributed by atoms with E-state index in [0.717, 1.165) is 28.6 Å². The molecule has 2 aromatic carbocycles. The molecule has 0 aliphatic carbocycles. The highest BCUT2D eigenvalue weighted by Gasteiger charge is 2.51. The zero-order valence-corrected chi connectivity index (χ0v) is 23.5. The van der Waals surface area contributed by atoms with Crippen LogP contribution in [0.1, 0.15) is 26.7 Å². The van der Waals surface area contributed by atoms with E-state index in [-0.39, 0.29) is 41.2 Å². The highest BCUT2D eigenvalue weighted by molar-refractivity contribution is 7.92. The fraction of sp³-hybridized carbons (Fsp3) is 0.462. The van der Waals surface area contributed by atoms with Gasteiger partial charge in [-0.25, -0.2) is 22.4 Å². The second-order valence-electron chi connectivity index (χ2n) is 10.2. The van der Waals surface area contributed by atoms with Crippen molar-refractivity contribution in [2.45, 2.75) is 55.5 Å². The summed E-state index contributed by atoms with van der Waals surface area (Å²) in [5, 5.41) is 7.66. The third-order valence-electron chi connectivity index (χ3n) is 6.62. The van der Waals surface area contributed by atoms with E-state index in [2.05, 4.69) is 20.7 Å². The lowest BCUT2D eigenvalue weighted by molar-refractivity contribution is -0.242. The number of carbonyl (C=O) groups is 2. The first-order valence-corrected chi connectivity index (χ1v) is 14.4. The summed E-state index contributed by atoms with van der Waals surface area (Å²) in [5.41, 5.74) is -2.91. The Morgan fingerprint density at radius 2 is 1.74 bits per heavy atom. The van der Waals surface area contributed by atoms with Gasteiger partial charge in [0.15, 0.2) is 0 Å². The minimum Gasteiger partial charge on any atom is -0.484 e. The van der Waals surface area contributed by atoms with Crippen molar-refractivity contribution >= 4 is 33.5 Å². The first-order valence-electron chi connectivity index (χ1n) is 12.9. The first-order chi connectivity index (χ1) is 19.7. The normalized spacial score (nSPS) is 18.0. The van der Waals surface area contributed by atoms with Gasteiger partial charge in [0.25, 0.3) is 10.0 Å². The first kappa shape index (κ1) is 31.2. The van der Waals surface area contributed by atoms with Crippen LogP contribution in [0.2, 0.25) is 0 Å². The van der Waals surface area contributed by atoms with Gasteiger partial charge in [-0.3, -0.25) is 9.62 Å². The molecule has 4 rings (SSSR count). The number of rotatable bonds is 7. The summed E-state index contributed by atoms with van der Waals surface area (Å²) in [6, 6.07) is 7.37. The van der Waals surface area contributed by atoms with E-state index < -0.39 is 45.8 Å². The standard InChI is InChI=1S/C26H30F4N4O7S/c1-25(2,26(28,29)30)41-24(36)33-18-5-8-22-21(13-18)34(42(37,38)20-6-3-16(27)4-7-20)15-19(40-22)14-31-23(35)32-17-9-11-39-12-10-17/h3-8,13,17,19H,9-12,14-15H2,1-2H3,(H,33,36)(H2,31,32,35)/t19-/m0/s1. The maximum Gasteiger partial charge on any atom is 0.427 e. The van der Waals surface area contributed by atoms with Crippen LogP contribution in [-0.2, 0) is 19.5 Å². The van der Waals surface area contributed by atoms with Crippen molar-refractivity contribution in [1.29, 1.82) is 0 Å². The van der Waals surface area contributed by atoms with E-state index in [1.807, 2.05) is 0 Å². The molecule has 1 fully saturated rings. The molecule has 1 atom stereocenters. The lowest BCUT2D eigenvalue weighted by Crippen LogP contribution is -2.51. The molecule has 0 spiro atoms. The molecule has 2 aliphatic rings. The zero-order chi connectivity index (χ0) is 30.7. The number of sulfonamides is 1. The highest BCUT2D eigenvalue weighted by atomic mass is 32.2. The molecule has 2 aliphatic heterocycles. The predicted molar refractivity (Wildman–Crippen MR) is 142 cm³/mol. The summed E-state index contributed by atoms with van der Waals surface area (Å²) in [7, 11) is -4.33. The van der Waals surface area contributed by atoms with Crippen LogP contribution in [0.3, 0.4) is 0 Å². The van der Waals surface area contributed by atoms with E-state index in [4.69, 9.17) is 9.47 Å². The Morgan fingerprint density at radius 1 is 1.07 bits per heavy atom. The largest absolute Gasteiger partial charge is 0.484 e. The second-order valence-corrected chi connectivity index (χ2v) is 12.0. The van der Waals surface area contributed by atoms with Crippen molar-refractivity contribution in [1.82, 2.24) is 10.6 Å². The second kappa shape index (κ2) is 12.2. The molecule has 0 unspecified atom stereocenters. The van der Waals surface area contributed by atoms with Crippen molar-refractivity contribution in [2.75, 3.05) is 35.9 Å². The van der Waals surface area contributed by atoms with Gasteiger partial charge < -0.3 is 24.8 Å². The Morgan fingerprint density at radius 3 is 2.38 bits per heavy atom. The summed E-state index contributed by atoms with van der Waals surface area (Å²) in [6.07, 6.45) is -5.80. The van der Waals surface area contributed by atoms with E-state index in [9.17, 15) is 35.6 Å². The monoisotopic (exact) mass is 618 g/mol. The third-order valence-corrected chi connectivity index (χ3v) is 8.41. The Hall–Kier alpha value is -3.79. The molecule has 2 heterocycles. The summed E-state index contributed by atoms with van der Waals surface area (Å²) < 4.78 is 96.9. The summed E-state index contributed by atoms with van der Waals surface area (Å²) in [4.78, 5) is 24.4. The van der Waals surface area contributed by atoms with E-state index in [0.29, 0.717) is 39.9 Å². The minimum atomic E-state index is -4.83. The molecule has 1 saturated heterocycles. The number of nitrogens with zero attached hydrogens (tertiary/aromatic N) is 1. The number of hydrogen-bond acceptors (Lipinski definition) is 7. The lowest BCUT2D eigenvalue weighted by atomic mass is 10.1. The molecule has 3 amide bonds. The van der Waals surface area contributed by atoms with Gasteiger partial charge in [-0.05, 0) is 69.2 Å². The topological polar surface area (TPSA) is 135 Å². The fourth-order valence-electron chi connectivity index (χ4n) is 4.18. The number of alkyl halides is 3. The molecule has 11 nitrogen and oxygen atoms in total. The molecule has 2 aromatic rings. The van der Waals surface area contributed by atoms with Crippen molar-refractivity contribution < 1.29 is 49.8 Å². The number of fused-ring (bicyclic) bond motifs is 1. The maximum atomic E-state index is 13.6. The van der Waals surface area contributed by atoms with E-state index in [1.54, 1.807) is 0 Å². The van der Waals surface area contributed by atoms with Crippen LogP contribution in [0, 0.1) is 5.82 Å². The number of halogens is 4. The number of carbonyl (C=O) groups excluding carboxylic acids is 2. The van der Waals surface area contributed by atoms with Crippen LogP contribution in [0.15, 0.2) is 47.4 Å². The molecular weight excluding hydrogens is 588 g/mol. The number of hydrogen-bond donors (Lipinski definition) is 3. The average molecular weight is 619 g/mol. The highest BCUT2D eigenvalue weighted by Crippen LogP contribution is 2.39. The third kappa shape index (κ3) is 7.34. The smallest absolute Gasteiger partial charge is 0.427 e. The van der Waals surface area contributed by atoms with Crippen molar-refractivity contribution in [3.05, 3.63) is 48.3 Å². The quantitative estimate of drug-likeness (QED) is 0.397. The van der Waals surface area contributed by atoms with Gasteiger partial charge >= 0.3 is 18.3 Å². The number of urea groups is 1. The summed E-state index contributed by atoms with van der Waals surface area (Å²) in [6.45, 7) is 2.04. The molecule has 0 aromatic heterocycles. The van der Waals surface area contributed by atoms with Crippen LogP contribution in [0.25, 0.3) is 0 Å². The molecule has 0 bridgehead atoms. The van der Waals surface area contributed by atoms with Crippen LogP contribution >= 0.6 is 0 Å². The maximum absolute atomic E-state index is 13.6. The average Bonchev–Trinajstić information content (AvgIpc) is 2.91. The van der Waals surface area contributed by atoms with Crippen LogP contribution in [-0.4, -0.2) is 70.8 Å². The summed E-state index contributed by atoms with van der Waals surface area (Å²) >= 11 is 0. The predicted octanol–water partition coefficient (Wildman–Crippen LogP) is 4.15. The minimum absolute atomic E-state index is 0.0462. The van der Waals surface area contributed by atoms with E-state index >= 15 is 0 Å². The van der Waals surface area contributed by atoms with Crippen LogP contribution < -0.4 is 25.0 Å². The van der Waals surface area contributed by atoms with Gasteiger partial charge in [-0.15, -0.1) is 0 Å². The molecule has 16 heteroatoms. The Bertz CT molecular complexity index is 1400. The van der Waals surface area contributed by atoms with Crippen molar-refractivity contribution in [2.24, 2.45) is 0 Å². The Kier molecular flexibility index (Phi) is 9.06. The molecule has 42 heavy (non-hydrogen) atoms. The number of ether oxygens (including phenoxy) is 3. The molecule has 3 N–H and O–H groups in total. The van der Waals surface area contributed by atoms with Gasteiger partial charge in [0.1, 0.15) is 17.7 Å². The van der Waals surface area contributed by atoms with Crippen LogP contribution in [0.5, 0.6) is 5.75 Å². The number of nitrogens with one attached hydrogen (secondary N) is 3. The Balaban J connectivity index is 1.55. The van der Waals surface area contributed by atoms with Crippen molar-refractivity contribution in [3.8, 4) is 5.75 Å². The SMILES string of the molecule is CC(C)(OC(=O)Nc1ccc2c(c1)N(S(=O)(=O)c1ccc(F)cc1)C[C@H](CNC(=O)NC1CCOCC1)O2)C(F)(F)F. The van der Waals surface area contributed by atoms with E-state index in [1.165, 1.54) is 18.2 Å². The summed E-state index contributed by atoms with van der Waals surface area (Å²) in [5.74, 6) is -0.598.